The molecule has 1 amide bonds. The highest BCUT2D eigenvalue weighted by atomic mass is 16.6. The van der Waals surface area contributed by atoms with Crippen molar-refractivity contribution in [2.24, 2.45) is 0 Å². The summed E-state index contributed by atoms with van der Waals surface area (Å²) in [7, 11) is 0. The monoisotopic (exact) mass is 671 g/mol. The van der Waals surface area contributed by atoms with Crippen LogP contribution >= 0.6 is 0 Å². The van der Waals surface area contributed by atoms with Gasteiger partial charge in [0.15, 0.2) is 0 Å². The van der Waals surface area contributed by atoms with Crippen LogP contribution in [0.4, 0.5) is 0 Å². The Bertz CT molecular complexity index is 1860. The predicted octanol–water partition coefficient (Wildman–Crippen LogP) is 2.09. The molecule has 1 aromatic heterocycles. The van der Waals surface area contributed by atoms with Crippen molar-refractivity contribution in [1.29, 1.82) is 0 Å². The van der Waals surface area contributed by atoms with Gasteiger partial charge in [0.2, 0.25) is 5.91 Å². The van der Waals surface area contributed by atoms with E-state index in [9.17, 15) is 33.9 Å². The van der Waals surface area contributed by atoms with Gasteiger partial charge < -0.3 is 29.4 Å². The molecular weight excluding hydrogens is 634 g/mol. The number of Topliss-reactive ketones (excluding diaryl/α,β-unsaturated/α-hetero) is 1. The molecule has 0 spiro atoms. The fraction of sp³-hybridized carbons (Fsp3) is 0.389. The number of carbonyl (C=O) groups excluding carboxylic acids is 4. The summed E-state index contributed by atoms with van der Waals surface area (Å²) in [5.74, 6) is 3.72. The van der Waals surface area contributed by atoms with Gasteiger partial charge in [0.25, 0.3) is 5.56 Å². The Morgan fingerprint density at radius 2 is 1.67 bits per heavy atom. The maximum Gasteiger partial charge on any atom is 0.330 e. The summed E-state index contributed by atoms with van der Waals surface area (Å²) < 4.78 is 17.7. The molecule has 2 aliphatic rings. The molecule has 1 aliphatic heterocycles. The van der Waals surface area contributed by atoms with Gasteiger partial charge in [0.05, 0.1) is 19.6 Å². The molecule has 3 aromatic rings. The molecule has 256 valence electrons. The lowest BCUT2D eigenvalue weighted by Gasteiger charge is -2.16. The summed E-state index contributed by atoms with van der Waals surface area (Å²) in [4.78, 5) is 75.1. The van der Waals surface area contributed by atoms with Gasteiger partial charge in [0.1, 0.15) is 36.4 Å². The van der Waals surface area contributed by atoms with Crippen molar-refractivity contribution >= 4 is 23.6 Å². The van der Waals surface area contributed by atoms with Crippen molar-refractivity contribution in [2.45, 2.75) is 69.8 Å². The van der Waals surface area contributed by atoms with Crippen LogP contribution in [0.5, 0.6) is 0 Å². The number of H-pyrrole nitrogens is 1. The van der Waals surface area contributed by atoms with Gasteiger partial charge in [-0.3, -0.25) is 28.7 Å². The molecule has 1 aliphatic carbocycles. The maximum absolute atomic E-state index is 12.5. The number of aromatic amines is 1. The zero-order chi connectivity index (χ0) is 34.9. The standard InChI is InChI=1S/C36H37N3O10/c1-22(41)15-16-34(44)49-29-18-32(48-30(29)20-40)39-19-23(35(45)38-36(39)46)8-7-17-37-31(42)13-6-14-33(43)47-21-28-26-11-4-2-9-24(26)25-10-3-5-12-27(25)28/h2-5,9-12,19,28-30,32,40H,6,13-18,20-21H2,1H3,(H,37,42)(H,38,45,46)/t29?,30-,32-/m1/s1. The summed E-state index contributed by atoms with van der Waals surface area (Å²) in [6.45, 7) is 0.990. The molecule has 2 aromatic carbocycles. The van der Waals surface area contributed by atoms with Crippen LogP contribution in [0.15, 0.2) is 64.3 Å². The third-order valence-corrected chi connectivity index (χ3v) is 8.36. The number of amides is 1. The Balaban J connectivity index is 1.07. The van der Waals surface area contributed by atoms with Crippen LogP contribution in [-0.2, 0) is 33.4 Å². The number of esters is 2. The molecule has 0 radical (unpaired) electrons. The van der Waals surface area contributed by atoms with Gasteiger partial charge in [-0.15, -0.1) is 0 Å². The van der Waals surface area contributed by atoms with Crippen LogP contribution in [0.1, 0.15) is 74.3 Å². The number of ketones is 1. The highest BCUT2D eigenvalue weighted by Gasteiger charge is 2.39. The van der Waals surface area contributed by atoms with Crippen LogP contribution in [0.2, 0.25) is 0 Å². The van der Waals surface area contributed by atoms with Crippen molar-refractivity contribution in [3.8, 4) is 23.0 Å². The zero-order valence-corrected chi connectivity index (χ0v) is 26.9. The predicted molar refractivity (Wildman–Crippen MR) is 175 cm³/mol. The zero-order valence-electron chi connectivity index (χ0n) is 26.9. The van der Waals surface area contributed by atoms with Gasteiger partial charge in [-0.25, -0.2) is 4.79 Å². The third-order valence-electron chi connectivity index (χ3n) is 8.36. The summed E-state index contributed by atoms with van der Waals surface area (Å²) in [5.41, 5.74) is 2.92. The average molecular weight is 672 g/mol. The fourth-order valence-corrected chi connectivity index (χ4v) is 5.91. The number of ether oxygens (including phenoxy) is 3. The highest BCUT2D eigenvalue weighted by Crippen LogP contribution is 2.44. The van der Waals surface area contributed by atoms with Crippen molar-refractivity contribution in [3.05, 3.63) is 92.3 Å². The topological polar surface area (TPSA) is 183 Å². The molecule has 0 saturated carbocycles. The molecule has 49 heavy (non-hydrogen) atoms. The van der Waals surface area contributed by atoms with Gasteiger partial charge in [-0.2, -0.15) is 0 Å². The van der Waals surface area contributed by atoms with Crippen molar-refractivity contribution in [3.63, 3.8) is 0 Å². The molecule has 3 N–H and O–H groups in total. The normalized spacial score (nSPS) is 17.7. The minimum atomic E-state index is -0.969. The van der Waals surface area contributed by atoms with E-state index in [4.69, 9.17) is 14.2 Å². The molecule has 13 nitrogen and oxygen atoms in total. The molecule has 2 heterocycles. The van der Waals surface area contributed by atoms with Gasteiger partial charge in [-0.1, -0.05) is 60.4 Å². The average Bonchev–Trinajstić information content (AvgIpc) is 3.63. The van der Waals surface area contributed by atoms with E-state index in [-0.39, 0.29) is 74.8 Å². The van der Waals surface area contributed by atoms with Crippen LogP contribution in [0.25, 0.3) is 11.1 Å². The Kier molecular flexibility index (Phi) is 11.6. The summed E-state index contributed by atoms with van der Waals surface area (Å²) >= 11 is 0. The van der Waals surface area contributed by atoms with Crippen LogP contribution in [-0.4, -0.2) is 70.3 Å². The lowest BCUT2D eigenvalue weighted by Crippen LogP contribution is -2.33. The first-order chi connectivity index (χ1) is 23.6. The molecule has 1 saturated heterocycles. The number of hydrogen-bond acceptors (Lipinski definition) is 10. The Morgan fingerprint density at radius 1 is 0.980 bits per heavy atom. The lowest BCUT2D eigenvalue weighted by atomic mass is 9.98. The van der Waals surface area contributed by atoms with E-state index in [1.165, 1.54) is 13.1 Å². The third kappa shape index (κ3) is 8.78. The number of nitrogens with one attached hydrogen (secondary N) is 2. The van der Waals surface area contributed by atoms with E-state index >= 15 is 0 Å². The molecular formula is C36H37N3O10. The SMILES string of the molecule is CC(=O)CCC(=O)OC1C[C@H](n2cc(C#CCNC(=O)CCCC(=O)OCC3c4ccccc4-c4ccccc43)c(=O)[nH]c2=O)O[C@@H]1CO. The molecule has 1 unspecified atom stereocenters. The second kappa shape index (κ2) is 16.2. The number of nitrogens with zero attached hydrogens (tertiary/aromatic N) is 1. The van der Waals surface area contributed by atoms with E-state index in [1.54, 1.807) is 0 Å². The highest BCUT2D eigenvalue weighted by molar-refractivity contribution is 5.81. The number of rotatable bonds is 13. The fourth-order valence-electron chi connectivity index (χ4n) is 5.91. The second-order valence-electron chi connectivity index (χ2n) is 11.8. The van der Waals surface area contributed by atoms with Gasteiger partial charge >= 0.3 is 17.6 Å². The number of benzene rings is 2. The van der Waals surface area contributed by atoms with Crippen LogP contribution in [0, 0.1) is 11.8 Å². The number of fused-ring (bicyclic) bond motifs is 3. The number of aliphatic hydroxyl groups excluding tert-OH is 1. The minimum absolute atomic E-state index is 0.0158. The first-order valence-corrected chi connectivity index (χ1v) is 16.0. The Morgan fingerprint density at radius 3 is 2.35 bits per heavy atom. The van der Waals surface area contributed by atoms with Crippen molar-refractivity contribution in [1.82, 2.24) is 14.9 Å². The first-order valence-electron chi connectivity index (χ1n) is 16.0. The van der Waals surface area contributed by atoms with E-state index < -0.39 is 48.2 Å². The Hall–Kier alpha value is -5.32. The smallest absolute Gasteiger partial charge is 0.330 e. The molecule has 1 fully saturated rings. The van der Waals surface area contributed by atoms with E-state index in [0.29, 0.717) is 0 Å². The minimum Gasteiger partial charge on any atom is -0.465 e. The number of carbonyl (C=O) groups is 4. The summed E-state index contributed by atoms with van der Waals surface area (Å²) in [6.07, 6.45) is -1.22. The summed E-state index contributed by atoms with van der Waals surface area (Å²) in [5, 5.41) is 12.3. The second-order valence-corrected chi connectivity index (χ2v) is 11.8. The van der Waals surface area contributed by atoms with Crippen LogP contribution in [0.3, 0.4) is 0 Å². The number of aromatic nitrogens is 2. The van der Waals surface area contributed by atoms with Crippen LogP contribution < -0.4 is 16.6 Å². The lowest BCUT2D eigenvalue weighted by molar-refractivity contribution is -0.154. The maximum atomic E-state index is 12.5. The molecule has 3 atom stereocenters. The number of hydrogen-bond donors (Lipinski definition) is 3. The molecule has 0 bridgehead atoms. The van der Waals surface area contributed by atoms with Gasteiger partial charge in [-0.05, 0) is 35.6 Å². The molecule has 13 heteroatoms. The summed E-state index contributed by atoms with van der Waals surface area (Å²) in [6, 6.07) is 16.1. The van der Waals surface area contributed by atoms with Gasteiger partial charge in [0, 0.05) is 37.8 Å². The van der Waals surface area contributed by atoms with Crippen molar-refractivity contribution in [2.75, 3.05) is 19.8 Å². The molecule has 5 rings (SSSR count). The van der Waals surface area contributed by atoms with E-state index in [1.807, 2.05) is 36.4 Å². The Labute approximate surface area is 281 Å². The quantitative estimate of drug-likeness (QED) is 0.180. The largest absolute Gasteiger partial charge is 0.465 e. The first kappa shape index (κ1) is 35.0. The van der Waals surface area contributed by atoms with E-state index in [0.717, 1.165) is 26.8 Å². The number of aliphatic hydroxyl groups is 1. The van der Waals surface area contributed by atoms with E-state index in [2.05, 4.69) is 34.3 Å². The van der Waals surface area contributed by atoms with Crippen molar-refractivity contribution < 1.29 is 38.5 Å².